The SMILES string of the molecule is CC(C)C(C)(C#N)NC(=O)CNc1ccccc1N1CCCC1=O. The van der Waals surface area contributed by atoms with Crippen LogP contribution in [0.1, 0.15) is 33.6 Å². The van der Waals surface area contributed by atoms with E-state index in [0.717, 1.165) is 17.8 Å². The van der Waals surface area contributed by atoms with Crippen molar-refractivity contribution >= 4 is 23.2 Å². The van der Waals surface area contributed by atoms with Gasteiger partial charge in [0.25, 0.3) is 0 Å². The predicted molar refractivity (Wildman–Crippen MR) is 93.5 cm³/mol. The fourth-order valence-corrected chi connectivity index (χ4v) is 2.57. The van der Waals surface area contributed by atoms with E-state index in [9.17, 15) is 14.9 Å². The van der Waals surface area contributed by atoms with Crippen LogP contribution in [0.15, 0.2) is 24.3 Å². The zero-order valence-electron chi connectivity index (χ0n) is 14.4. The molecule has 1 aromatic carbocycles. The molecular weight excluding hydrogens is 304 g/mol. The number of rotatable bonds is 6. The largest absolute Gasteiger partial charge is 0.374 e. The van der Waals surface area contributed by atoms with Gasteiger partial charge in [0.15, 0.2) is 0 Å². The first-order valence-electron chi connectivity index (χ1n) is 8.23. The normalized spacial score (nSPS) is 16.6. The molecule has 24 heavy (non-hydrogen) atoms. The summed E-state index contributed by atoms with van der Waals surface area (Å²) in [5.74, 6) is -0.151. The molecule has 1 unspecified atom stereocenters. The van der Waals surface area contributed by atoms with Crippen molar-refractivity contribution in [3.8, 4) is 6.07 Å². The van der Waals surface area contributed by atoms with Crippen LogP contribution in [-0.2, 0) is 9.59 Å². The molecule has 0 radical (unpaired) electrons. The third-order valence-corrected chi connectivity index (χ3v) is 4.49. The van der Waals surface area contributed by atoms with Crippen molar-refractivity contribution < 1.29 is 9.59 Å². The minimum atomic E-state index is -0.900. The number of hydrogen-bond acceptors (Lipinski definition) is 4. The quantitative estimate of drug-likeness (QED) is 0.839. The number of amides is 2. The lowest BCUT2D eigenvalue weighted by atomic mass is 9.90. The van der Waals surface area contributed by atoms with Crippen molar-refractivity contribution in [1.29, 1.82) is 5.26 Å². The van der Waals surface area contributed by atoms with E-state index >= 15 is 0 Å². The fraction of sp³-hybridized carbons (Fsp3) is 0.500. The van der Waals surface area contributed by atoms with Gasteiger partial charge in [-0.1, -0.05) is 26.0 Å². The first-order valence-corrected chi connectivity index (χ1v) is 8.23. The Morgan fingerprint density at radius 3 is 2.71 bits per heavy atom. The summed E-state index contributed by atoms with van der Waals surface area (Å²) < 4.78 is 0. The van der Waals surface area contributed by atoms with Gasteiger partial charge in [0, 0.05) is 13.0 Å². The van der Waals surface area contributed by atoms with E-state index < -0.39 is 5.54 Å². The van der Waals surface area contributed by atoms with E-state index in [4.69, 9.17) is 0 Å². The van der Waals surface area contributed by atoms with Crippen LogP contribution in [0.3, 0.4) is 0 Å². The van der Waals surface area contributed by atoms with Crippen LogP contribution in [0.4, 0.5) is 11.4 Å². The van der Waals surface area contributed by atoms with Crippen molar-refractivity contribution in [3.63, 3.8) is 0 Å². The topological polar surface area (TPSA) is 85.2 Å². The van der Waals surface area contributed by atoms with Gasteiger partial charge in [-0.2, -0.15) is 5.26 Å². The van der Waals surface area contributed by atoms with Crippen molar-refractivity contribution in [2.45, 2.75) is 39.2 Å². The number of carbonyl (C=O) groups is 2. The highest BCUT2D eigenvalue weighted by Crippen LogP contribution is 2.29. The van der Waals surface area contributed by atoms with Crippen LogP contribution in [-0.4, -0.2) is 30.4 Å². The lowest BCUT2D eigenvalue weighted by Gasteiger charge is -2.27. The van der Waals surface area contributed by atoms with E-state index in [-0.39, 0.29) is 24.3 Å². The third kappa shape index (κ3) is 3.85. The second-order valence-corrected chi connectivity index (χ2v) is 6.54. The first-order chi connectivity index (χ1) is 11.4. The number of benzene rings is 1. The molecule has 2 N–H and O–H groups in total. The van der Waals surface area contributed by atoms with E-state index in [0.29, 0.717) is 13.0 Å². The highest BCUT2D eigenvalue weighted by atomic mass is 16.2. The minimum Gasteiger partial charge on any atom is -0.374 e. The fourth-order valence-electron chi connectivity index (χ4n) is 2.57. The Balaban J connectivity index is 2.04. The second kappa shape index (κ2) is 7.35. The minimum absolute atomic E-state index is 0.000887. The van der Waals surface area contributed by atoms with E-state index in [1.54, 1.807) is 11.8 Å². The molecule has 0 saturated carbocycles. The summed E-state index contributed by atoms with van der Waals surface area (Å²) in [5, 5.41) is 15.1. The van der Waals surface area contributed by atoms with Gasteiger partial charge in [-0.3, -0.25) is 9.59 Å². The maximum atomic E-state index is 12.2. The van der Waals surface area contributed by atoms with Gasteiger partial charge in [-0.05, 0) is 31.4 Å². The van der Waals surface area contributed by atoms with Gasteiger partial charge >= 0.3 is 0 Å². The molecule has 0 bridgehead atoms. The average molecular weight is 328 g/mol. The summed E-state index contributed by atoms with van der Waals surface area (Å²) in [6.45, 7) is 6.25. The summed E-state index contributed by atoms with van der Waals surface area (Å²) in [7, 11) is 0. The molecule has 0 aliphatic carbocycles. The molecule has 1 atom stereocenters. The molecule has 1 aliphatic rings. The lowest BCUT2D eigenvalue weighted by Crippen LogP contribution is -2.50. The van der Waals surface area contributed by atoms with Crippen molar-refractivity contribution in [3.05, 3.63) is 24.3 Å². The van der Waals surface area contributed by atoms with Crippen molar-refractivity contribution in [2.24, 2.45) is 5.92 Å². The number of carbonyl (C=O) groups excluding carboxylic acids is 2. The lowest BCUT2D eigenvalue weighted by molar-refractivity contribution is -0.121. The smallest absolute Gasteiger partial charge is 0.240 e. The standard InChI is InChI=1S/C18H24N4O2/c1-13(2)18(3,12-19)21-16(23)11-20-14-7-4-5-8-15(14)22-10-6-9-17(22)24/h4-5,7-8,13,20H,6,9-11H2,1-3H3,(H,21,23). The van der Waals surface area contributed by atoms with Gasteiger partial charge in [-0.15, -0.1) is 0 Å². The van der Waals surface area contributed by atoms with Gasteiger partial charge in [0.05, 0.1) is 24.0 Å². The van der Waals surface area contributed by atoms with Gasteiger partial charge in [0.1, 0.15) is 5.54 Å². The number of nitrogens with one attached hydrogen (secondary N) is 2. The van der Waals surface area contributed by atoms with Crippen molar-refractivity contribution in [1.82, 2.24) is 5.32 Å². The second-order valence-electron chi connectivity index (χ2n) is 6.54. The Bertz CT molecular complexity index is 665. The highest BCUT2D eigenvalue weighted by Gasteiger charge is 2.30. The van der Waals surface area contributed by atoms with Crippen LogP contribution in [0.2, 0.25) is 0 Å². The van der Waals surface area contributed by atoms with Crippen LogP contribution in [0.5, 0.6) is 0 Å². The summed E-state index contributed by atoms with van der Waals surface area (Å²) in [5.41, 5.74) is 0.634. The summed E-state index contributed by atoms with van der Waals surface area (Å²) >= 11 is 0. The van der Waals surface area contributed by atoms with Crippen LogP contribution in [0.25, 0.3) is 0 Å². The van der Waals surface area contributed by atoms with Crippen LogP contribution >= 0.6 is 0 Å². The first kappa shape index (κ1) is 17.8. The Morgan fingerprint density at radius 1 is 1.42 bits per heavy atom. The summed E-state index contributed by atoms with van der Waals surface area (Å²) in [4.78, 5) is 25.9. The van der Waals surface area contributed by atoms with Crippen molar-refractivity contribution in [2.75, 3.05) is 23.3 Å². The number of anilines is 2. The molecule has 1 aliphatic heterocycles. The summed E-state index contributed by atoms with van der Waals surface area (Å²) in [6, 6.07) is 9.61. The molecular formula is C18H24N4O2. The molecule has 0 spiro atoms. The monoisotopic (exact) mass is 328 g/mol. The molecule has 6 nitrogen and oxygen atoms in total. The average Bonchev–Trinajstić information content (AvgIpc) is 2.98. The molecule has 1 heterocycles. The molecule has 2 rings (SSSR count). The highest BCUT2D eigenvalue weighted by molar-refractivity contribution is 5.98. The maximum absolute atomic E-state index is 12.2. The molecule has 1 aromatic rings. The Kier molecular flexibility index (Phi) is 5.45. The van der Waals surface area contributed by atoms with E-state index in [2.05, 4.69) is 16.7 Å². The molecule has 1 fully saturated rings. The molecule has 0 aromatic heterocycles. The Morgan fingerprint density at radius 2 is 2.12 bits per heavy atom. The number of para-hydroxylation sites is 2. The number of hydrogen-bond donors (Lipinski definition) is 2. The maximum Gasteiger partial charge on any atom is 0.240 e. The van der Waals surface area contributed by atoms with Gasteiger partial charge < -0.3 is 15.5 Å². The molecule has 6 heteroatoms. The Labute approximate surface area is 142 Å². The van der Waals surface area contributed by atoms with E-state index in [1.807, 2.05) is 38.1 Å². The molecule has 2 amide bonds. The van der Waals surface area contributed by atoms with Gasteiger partial charge in [-0.25, -0.2) is 0 Å². The molecule has 128 valence electrons. The predicted octanol–water partition coefficient (Wildman–Crippen LogP) is 2.28. The summed E-state index contributed by atoms with van der Waals surface area (Å²) in [6.07, 6.45) is 1.41. The van der Waals surface area contributed by atoms with E-state index in [1.165, 1.54) is 0 Å². The zero-order valence-corrected chi connectivity index (χ0v) is 14.4. The van der Waals surface area contributed by atoms with Crippen LogP contribution in [0, 0.1) is 17.2 Å². The number of nitrogens with zero attached hydrogens (tertiary/aromatic N) is 2. The molecule has 1 saturated heterocycles. The zero-order chi connectivity index (χ0) is 17.7. The van der Waals surface area contributed by atoms with Gasteiger partial charge in [0.2, 0.25) is 11.8 Å². The Hall–Kier alpha value is -2.55. The third-order valence-electron chi connectivity index (χ3n) is 4.49. The number of nitriles is 1. The van der Waals surface area contributed by atoms with Crippen LogP contribution < -0.4 is 15.5 Å².